The normalized spacial score (nSPS) is 15.9. The average Bonchev–Trinajstić information content (AvgIpc) is 3.20. The first-order valence-corrected chi connectivity index (χ1v) is 11.8. The summed E-state index contributed by atoms with van der Waals surface area (Å²) < 4.78 is 28.5. The first-order valence-electron chi connectivity index (χ1n) is 9.81. The summed E-state index contributed by atoms with van der Waals surface area (Å²) in [5, 5.41) is 3.78. The molecule has 1 fully saturated rings. The average molecular weight is 431 g/mol. The summed E-state index contributed by atoms with van der Waals surface area (Å²) in [5.41, 5.74) is 6.52. The Bertz CT molecular complexity index is 1050. The zero-order valence-electron chi connectivity index (χ0n) is 17.0. The molecule has 160 valence electrons. The molecule has 0 spiro atoms. The number of nitrogen functional groups attached to an aromatic ring is 1. The van der Waals surface area contributed by atoms with Crippen LogP contribution in [-0.2, 0) is 9.84 Å². The van der Waals surface area contributed by atoms with Gasteiger partial charge in [-0.25, -0.2) is 13.4 Å². The largest absolute Gasteiger partial charge is 0.438 e. The van der Waals surface area contributed by atoms with Crippen molar-refractivity contribution in [2.75, 3.05) is 12.0 Å². The highest BCUT2D eigenvalue weighted by Gasteiger charge is 2.24. The zero-order chi connectivity index (χ0) is 21.7. The number of aromatic nitrogens is 2. The Hall–Kier alpha value is -2.94. The second-order valence-electron chi connectivity index (χ2n) is 7.52. The van der Waals surface area contributed by atoms with E-state index in [-0.39, 0.29) is 17.4 Å². The van der Waals surface area contributed by atoms with Crippen LogP contribution in [0.15, 0.2) is 41.9 Å². The summed E-state index contributed by atoms with van der Waals surface area (Å²) in [5.74, 6) is 1.06. The molecule has 2 aromatic rings. The van der Waals surface area contributed by atoms with Gasteiger partial charge < -0.3 is 15.8 Å². The molecule has 1 aliphatic rings. The van der Waals surface area contributed by atoms with E-state index in [1.807, 2.05) is 0 Å². The highest BCUT2D eigenvalue weighted by atomic mass is 32.2. The molecule has 0 saturated heterocycles. The Labute approximate surface area is 176 Å². The minimum Gasteiger partial charge on any atom is -0.438 e. The van der Waals surface area contributed by atoms with Crippen LogP contribution in [-0.4, -0.2) is 36.6 Å². The van der Waals surface area contributed by atoms with Gasteiger partial charge in [-0.2, -0.15) is 4.98 Å². The summed E-state index contributed by atoms with van der Waals surface area (Å²) in [6, 6.07) is 6.35. The molecular formula is C21H26N4O4S. The molecule has 1 heterocycles. The number of nitrogens with two attached hydrogens (primary N) is 1. The highest BCUT2D eigenvalue weighted by Crippen LogP contribution is 2.34. The molecule has 30 heavy (non-hydrogen) atoms. The van der Waals surface area contributed by atoms with Crippen LogP contribution in [0.4, 0.5) is 5.69 Å². The second kappa shape index (κ2) is 9.25. The van der Waals surface area contributed by atoms with Gasteiger partial charge in [0.25, 0.3) is 5.91 Å². The predicted molar refractivity (Wildman–Crippen MR) is 115 cm³/mol. The number of carbonyl (C=O) groups excluding carboxylic acids is 1. The molecule has 1 aliphatic carbocycles. The van der Waals surface area contributed by atoms with Crippen molar-refractivity contribution in [2.45, 2.75) is 44.6 Å². The van der Waals surface area contributed by atoms with Gasteiger partial charge >= 0.3 is 0 Å². The molecule has 1 amide bonds. The third-order valence-electron chi connectivity index (χ3n) is 4.78. The topological polar surface area (TPSA) is 124 Å². The van der Waals surface area contributed by atoms with Gasteiger partial charge in [-0.15, -0.1) is 0 Å². The number of sulfone groups is 1. The molecule has 8 nitrogen and oxygen atoms in total. The number of nitrogens with one attached hydrogen (secondary N) is 1. The van der Waals surface area contributed by atoms with Gasteiger partial charge in [-0.05, 0) is 31.9 Å². The first kappa shape index (κ1) is 21.8. The predicted octanol–water partition coefficient (Wildman–Crippen LogP) is 3.19. The van der Waals surface area contributed by atoms with Crippen LogP contribution in [0.1, 0.15) is 54.7 Å². The van der Waals surface area contributed by atoms with Gasteiger partial charge in [0.1, 0.15) is 17.1 Å². The number of hydrogen-bond acceptors (Lipinski definition) is 7. The zero-order valence-corrected chi connectivity index (χ0v) is 17.9. The van der Waals surface area contributed by atoms with E-state index in [9.17, 15) is 13.2 Å². The fourth-order valence-corrected chi connectivity index (χ4v) is 3.80. The van der Waals surface area contributed by atoms with E-state index < -0.39 is 21.8 Å². The third-order valence-corrected chi connectivity index (χ3v) is 5.43. The SMILES string of the molecule is C[C@@H](/C=C/S(C)(=O)=O)NC(=O)c1cnc(C2CCCC2)nc1Oc1cccc(N)c1. The lowest BCUT2D eigenvalue weighted by atomic mass is 10.1. The maximum atomic E-state index is 12.8. The number of nitrogens with zero attached hydrogens (tertiary/aromatic N) is 2. The van der Waals surface area contributed by atoms with Crippen molar-refractivity contribution >= 4 is 21.4 Å². The number of amides is 1. The van der Waals surface area contributed by atoms with Crippen molar-refractivity contribution in [1.82, 2.24) is 15.3 Å². The van der Waals surface area contributed by atoms with E-state index >= 15 is 0 Å². The smallest absolute Gasteiger partial charge is 0.258 e. The van der Waals surface area contributed by atoms with E-state index in [2.05, 4.69) is 15.3 Å². The number of ether oxygens (including phenoxy) is 1. The molecule has 0 radical (unpaired) electrons. The lowest BCUT2D eigenvalue weighted by Gasteiger charge is -2.15. The summed E-state index contributed by atoms with van der Waals surface area (Å²) >= 11 is 0. The summed E-state index contributed by atoms with van der Waals surface area (Å²) in [7, 11) is -3.28. The standard InChI is InChI=1S/C21H26N4O4S/c1-14(10-11-30(2,27)28)24-20(26)18-13-23-19(15-6-3-4-7-15)25-21(18)29-17-9-5-8-16(22)12-17/h5,8-15H,3-4,6-7,22H2,1-2H3,(H,24,26)/b11-10+/t14-/m0/s1. The molecule has 1 atom stereocenters. The van der Waals surface area contributed by atoms with E-state index in [1.54, 1.807) is 31.2 Å². The molecule has 1 saturated carbocycles. The maximum Gasteiger partial charge on any atom is 0.258 e. The van der Waals surface area contributed by atoms with Crippen molar-refractivity contribution in [3.8, 4) is 11.6 Å². The van der Waals surface area contributed by atoms with E-state index in [0.717, 1.165) is 37.3 Å². The van der Waals surface area contributed by atoms with Crippen LogP contribution in [0.5, 0.6) is 11.6 Å². The summed E-state index contributed by atoms with van der Waals surface area (Å²) in [6.07, 6.45) is 8.24. The van der Waals surface area contributed by atoms with Crippen molar-refractivity contribution < 1.29 is 17.9 Å². The molecule has 3 rings (SSSR count). The molecule has 0 bridgehead atoms. The molecule has 3 N–H and O–H groups in total. The van der Waals surface area contributed by atoms with Gasteiger partial charge in [0.15, 0.2) is 9.84 Å². The maximum absolute atomic E-state index is 12.8. The fourth-order valence-electron chi connectivity index (χ4n) is 3.28. The van der Waals surface area contributed by atoms with Gasteiger partial charge in [0.05, 0.1) is 0 Å². The van der Waals surface area contributed by atoms with Gasteiger partial charge in [-0.3, -0.25) is 4.79 Å². The quantitative estimate of drug-likeness (QED) is 0.646. The van der Waals surface area contributed by atoms with Crippen molar-refractivity contribution in [3.05, 3.63) is 53.3 Å². The van der Waals surface area contributed by atoms with E-state index in [1.165, 1.54) is 12.3 Å². The van der Waals surface area contributed by atoms with Crippen molar-refractivity contribution in [3.63, 3.8) is 0 Å². The van der Waals surface area contributed by atoms with Crippen LogP contribution >= 0.6 is 0 Å². The van der Waals surface area contributed by atoms with Crippen LogP contribution in [0, 0.1) is 0 Å². The van der Waals surface area contributed by atoms with Crippen molar-refractivity contribution in [2.24, 2.45) is 0 Å². The third kappa shape index (κ3) is 6.03. The first-order chi connectivity index (χ1) is 14.2. The second-order valence-corrected chi connectivity index (χ2v) is 9.45. The summed E-state index contributed by atoms with van der Waals surface area (Å²) in [4.78, 5) is 21.8. The molecular weight excluding hydrogens is 404 g/mol. The number of hydrogen-bond donors (Lipinski definition) is 2. The summed E-state index contributed by atoms with van der Waals surface area (Å²) in [6.45, 7) is 1.67. The lowest BCUT2D eigenvalue weighted by molar-refractivity contribution is 0.0943. The number of rotatable bonds is 7. The Morgan fingerprint density at radius 3 is 2.73 bits per heavy atom. The van der Waals surface area contributed by atoms with Gasteiger partial charge in [0, 0.05) is 41.6 Å². The molecule has 0 aliphatic heterocycles. The molecule has 9 heteroatoms. The lowest BCUT2D eigenvalue weighted by Crippen LogP contribution is -2.31. The van der Waals surface area contributed by atoms with Crippen molar-refractivity contribution in [1.29, 1.82) is 0 Å². The molecule has 1 aromatic heterocycles. The Morgan fingerprint density at radius 1 is 1.33 bits per heavy atom. The Morgan fingerprint density at radius 2 is 2.07 bits per heavy atom. The van der Waals surface area contributed by atoms with Crippen LogP contribution in [0.3, 0.4) is 0 Å². The minimum atomic E-state index is -3.28. The van der Waals surface area contributed by atoms with Crippen LogP contribution in [0.2, 0.25) is 0 Å². The molecule has 1 aromatic carbocycles. The highest BCUT2D eigenvalue weighted by molar-refractivity contribution is 7.93. The monoisotopic (exact) mass is 430 g/mol. The molecule has 0 unspecified atom stereocenters. The number of benzene rings is 1. The van der Waals surface area contributed by atoms with Gasteiger partial charge in [0.2, 0.25) is 5.88 Å². The van der Waals surface area contributed by atoms with E-state index in [0.29, 0.717) is 17.3 Å². The number of anilines is 1. The number of carbonyl (C=O) groups is 1. The minimum absolute atomic E-state index is 0.147. The fraction of sp³-hybridized carbons (Fsp3) is 0.381. The Balaban J connectivity index is 1.87. The van der Waals surface area contributed by atoms with Gasteiger partial charge in [-0.1, -0.05) is 25.0 Å². The van der Waals surface area contributed by atoms with E-state index in [4.69, 9.17) is 10.5 Å². The van der Waals surface area contributed by atoms with Crippen LogP contribution < -0.4 is 15.8 Å². The Kier molecular flexibility index (Phi) is 6.71. The van der Waals surface area contributed by atoms with Crippen LogP contribution in [0.25, 0.3) is 0 Å².